The Bertz CT molecular complexity index is 1650. The van der Waals surface area contributed by atoms with Crippen molar-refractivity contribution in [1.82, 2.24) is 15.1 Å². The molecule has 0 spiro atoms. The van der Waals surface area contributed by atoms with Gasteiger partial charge in [0.2, 0.25) is 11.8 Å². The Hall–Kier alpha value is -3.99. The van der Waals surface area contributed by atoms with Gasteiger partial charge in [-0.1, -0.05) is 29.8 Å². The molecule has 0 saturated carbocycles. The van der Waals surface area contributed by atoms with Crippen molar-refractivity contribution in [3.8, 4) is 22.7 Å². The van der Waals surface area contributed by atoms with Crippen LogP contribution in [-0.4, -0.2) is 41.0 Å². The molecule has 6 rings (SSSR count). The van der Waals surface area contributed by atoms with Crippen LogP contribution in [0.5, 0.6) is 5.75 Å². The van der Waals surface area contributed by atoms with Gasteiger partial charge >= 0.3 is 0 Å². The highest BCUT2D eigenvalue weighted by Gasteiger charge is 2.38. The molecule has 0 radical (unpaired) electrons. The van der Waals surface area contributed by atoms with E-state index in [9.17, 15) is 9.59 Å². The number of hydrogen-bond acceptors (Lipinski definition) is 7. The second-order valence-corrected chi connectivity index (χ2v) is 11.8. The monoisotopic (exact) mass is 604 g/mol. The zero-order chi connectivity index (χ0) is 28.3. The number of fused-ring (bicyclic) bond motifs is 1. The second-order valence-electron chi connectivity index (χ2n) is 9.25. The fourth-order valence-electron chi connectivity index (χ4n) is 4.71. The molecule has 1 atom stereocenters. The minimum absolute atomic E-state index is 0.174. The van der Waals surface area contributed by atoms with Crippen LogP contribution in [0.1, 0.15) is 21.5 Å². The first kappa shape index (κ1) is 27.2. The Morgan fingerprint density at radius 3 is 2.61 bits per heavy atom. The third-order valence-electron chi connectivity index (χ3n) is 6.67. The highest BCUT2D eigenvalue weighted by molar-refractivity contribution is 8.00. The minimum atomic E-state index is -0.309. The van der Waals surface area contributed by atoms with E-state index in [1.807, 2.05) is 60.0 Å². The first-order chi connectivity index (χ1) is 20.0. The maximum Gasteiger partial charge on any atom is 0.240 e. The third kappa shape index (κ3) is 5.63. The number of thioether (sulfide) groups is 1. The summed E-state index contributed by atoms with van der Waals surface area (Å²) in [5.74, 6) is 1.59. The van der Waals surface area contributed by atoms with Crippen molar-refractivity contribution in [2.24, 2.45) is 0 Å². The van der Waals surface area contributed by atoms with Gasteiger partial charge in [0.1, 0.15) is 23.9 Å². The van der Waals surface area contributed by atoms with Crippen LogP contribution in [0.3, 0.4) is 0 Å². The van der Waals surface area contributed by atoms with Gasteiger partial charge in [-0.15, -0.1) is 23.1 Å². The number of aromatic nitrogens is 2. The maximum atomic E-state index is 13.8. The number of halogens is 1. The predicted octanol–water partition coefficient (Wildman–Crippen LogP) is 6.34. The Kier molecular flexibility index (Phi) is 7.86. The van der Waals surface area contributed by atoms with Crippen molar-refractivity contribution in [1.29, 1.82) is 0 Å². The molecule has 2 amide bonds. The van der Waals surface area contributed by atoms with E-state index >= 15 is 0 Å². The van der Waals surface area contributed by atoms with Gasteiger partial charge < -0.3 is 14.5 Å². The molecular formula is C30H25ClN4O4S2. The van der Waals surface area contributed by atoms with Crippen LogP contribution in [0.25, 0.3) is 16.9 Å². The van der Waals surface area contributed by atoms with Crippen LogP contribution in [-0.2, 0) is 16.1 Å². The minimum Gasteiger partial charge on any atom is -0.497 e. The standard InChI is InChI=1S/C30H25ClN4O4S2/c1-38-22-12-10-21(11-13-22)35-30-27(28(33-35)19-6-8-20(31)9-7-19)29(24-5-3-15-40-24)41-18-26(37)34(30)17-25(36)32-16-23-4-2-14-39-23/h2-15,29H,16-18H2,1H3,(H,32,36)/t29-/m1/s1. The second kappa shape index (κ2) is 11.9. The van der Waals surface area contributed by atoms with Gasteiger partial charge in [0.05, 0.1) is 42.3 Å². The van der Waals surface area contributed by atoms with E-state index in [4.69, 9.17) is 25.9 Å². The number of nitrogens with zero attached hydrogens (tertiary/aromatic N) is 3. The number of nitrogens with one attached hydrogen (secondary N) is 1. The average Bonchev–Trinajstić information content (AvgIpc) is 3.77. The van der Waals surface area contributed by atoms with E-state index < -0.39 is 0 Å². The molecule has 0 unspecified atom stereocenters. The number of anilines is 1. The molecule has 41 heavy (non-hydrogen) atoms. The molecule has 1 N–H and O–H groups in total. The molecule has 0 saturated heterocycles. The first-order valence-electron chi connectivity index (χ1n) is 12.8. The topological polar surface area (TPSA) is 89.6 Å². The molecular weight excluding hydrogens is 580 g/mol. The van der Waals surface area contributed by atoms with Crippen molar-refractivity contribution in [2.45, 2.75) is 11.8 Å². The SMILES string of the molecule is COc1ccc(-n2nc(-c3ccc(Cl)cc3)c3c2N(CC(=O)NCc2ccco2)C(=O)CS[C@@H]3c2cccs2)cc1. The lowest BCUT2D eigenvalue weighted by atomic mass is 10.0. The van der Waals surface area contributed by atoms with E-state index in [2.05, 4.69) is 11.4 Å². The van der Waals surface area contributed by atoms with Crippen molar-refractivity contribution in [2.75, 3.05) is 24.3 Å². The molecule has 3 aromatic heterocycles. The van der Waals surface area contributed by atoms with Crippen LogP contribution in [0.2, 0.25) is 5.02 Å². The Morgan fingerprint density at radius 1 is 1.12 bits per heavy atom. The number of rotatable bonds is 8. The van der Waals surface area contributed by atoms with Gasteiger partial charge in [0, 0.05) is 21.0 Å². The van der Waals surface area contributed by atoms with Crippen LogP contribution < -0.4 is 15.0 Å². The molecule has 11 heteroatoms. The third-order valence-corrected chi connectivity index (χ3v) is 9.24. The van der Waals surface area contributed by atoms with Crippen LogP contribution in [0.15, 0.2) is 88.9 Å². The molecule has 0 bridgehead atoms. The van der Waals surface area contributed by atoms with E-state index in [0.29, 0.717) is 28.0 Å². The maximum absolute atomic E-state index is 13.8. The fourth-order valence-corrected chi connectivity index (χ4v) is 7.01. The molecule has 0 fully saturated rings. The number of carbonyl (C=O) groups is 2. The van der Waals surface area contributed by atoms with Crippen LogP contribution in [0.4, 0.5) is 5.82 Å². The molecule has 1 aliphatic rings. The Morgan fingerprint density at radius 2 is 1.93 bits per heavy atom. The largest absolute Gasteiger partial charge is 0.497 e. The molecule has 0 aliphatic carbocycles. The smallest absolute Gasteiger partial charge is 0.240 e. The molecule has 4 heterocycles. The van der Waals surface area contributed by atoms with E-state index in [1.165, 1.54) is 11.8 Å². The van der Waals surface area contributed by atoms with Crippen molar-refractivity contribution in [3.63, 3.8) is 0 Å². The van der Waals surface area contributed by atoms with Crippen molar-refractivity contribution in [3.05, 3.63) is 106 Å². The highest BCUT2D eigenvalue weighted by atomic mass is 35.5. The summed E-state index contributed by atoms with van der Waals surface area (Å²) < 4.78 is 12.5. The number of amides is 2. The van der Waals surface area contributed by atoms with E-state index in [1.54, 1.807) is 46.4 Å². The summed E-state index contributed by atoms with van der Waals surface area (Å²) in [6.07, 6.45) is 1.56. The molecule has 8 nitrogen and oxygen atoms in total. The number of carbonyl (C=O) groups excluding carboxylic acids is 2. The number of furan rings is 1. The van der Waals surface area contributed by atoms with Crippen molar-refractivity contribution < 1.29 is 18.7 Å². The van der Waals surface area contributed by atoms with Gasteiger partial charge in [-0.05, 0) is 60.0 Å². The fraction of sp³-hybridized carbons (Fsp3) is 0.167. The van der Waals surface area contributed by atoms with E-state index in [0.717, 1.165) is 21.7 Å². The Labute approximate surface area is 249 Å². The molecule has 208 valence electrons. The summed E-state index contributed by atoms with van der Waals surface area (Å²) in [5, 5.41) is 10.4. The summed E-state index contributed by atoms with van der Waals surface area (Å²) >= 11 is 9.39. The number of methoxy groups -OCH3 is 1. The molecule has 1 aliphatic heterocycles. The van der Waals surface area contributed by atoms with Gasteiger partial charge in [0.25, 0.3) is 0 Å². The van der Waals surface area contributed by atoms with Gasteiger partial charge in [-0.25, -0.2) is 4.68 Å². The first-order valence-corrected chi connectivity index (χ1v) is 15.1. The van der Waals surface area contributed by atoms with Crippen LogP contribution in [0, 0.1) is 0 Å². The van der Waals surface area contributed by atoms with E-state index in [-0.39, 0.29) is 35.9 Å². The number of ether oxygens (including phenoxy) is 1. The van der Waals surface area contributed by atoms with Gasteiger partial charge in [-0.2, -0.15) is 5.10 Å². The highest BCUT2D eigenvalue weighted by Crippen LogP contribution is 2.49. The van der Waals surface area contributed by atoms with Crippen LogP contribution >= 0.6 is 34.7 Å². The predicted molar refractivity (Wildman–Crippen MR) is 162 cm³/mol. The quantitative estimate of drug-likeness (QED) is 0.222. The average molecular weight is 605 g/mol. The normalized spacial score (nSPS) is 14.9. The van der Waals surface area contributed by atoms with Crippen molar-refractivity contribution >= 4 is 52.3 Å². The summed E-state index contributed by atoms with van der Waals surface area (Å²) in [4.78, 5) is 29.6. The lowest BCUT2D eigenvalue weighted by Gasteiger charge is -2.23. The van der Waals surface area contributed by atoms with Gasteiger partial charge in [-0.3, -0.25) is 14.5 Å². The zero-order valence-corrected chi connectivity index (χ0v) is 24.3. The molecule has 2 aromatic carbocycles. The summed E-state index contributed by atoms with van der Waals surface area (Å²) in [6.45, 7) is 0.0488. The summed E-state index contributed by atoms with van der Waals surface area (Å²) in [5.41, 5.74) is 3.17. The number of hydrogen-bond donors (Lipinski definition) is 1. The Balaban J connectivity index is 1.52. The molecule has 5 aromatic rings. The summed E-state index contributed by atoms with van der Waals surface area (Å²) in [6, 6.07) is 22.6. The zero-order valence-electron chi connectivity index (χ0n) is 22.0. The number of benzene rings is 2. The number of thiophene rings is 1. The van der Waals surface area contributed by atoms with Gasteiger partial charge in [0.15, 0.2) is 0 Å². The summed E-state index contributed by atoms with van der Waals surface area (Å²) in [7, 11) is 1.61. The lowest BCUT2D eigenvalue weighted by Crippen LogP contribution is -2.42. The lowest BCUT2D eigenvalue weighted by molar-refractivity contribution is -0.123.